The van der Waals surface area contributed by atoms with Gasteiger partial charge in [-0.25, -0.2) is 26.9 Å². The number of amides is 1. The molecule has 0 saturated carbocycles. The van der Waals surface area contributed by atoms with Gasteiger partial charge in [-0.15, -0.1) is 0 Å². The number of nitro benzene ring substituents is 1. The number of hydrogen-bond acceptors (Lipinski definition) is 7. The average Bonchev–Trinajstić information content (AvgIpc) is 2.49. The summed E-state index contributed by atoms with van der Waals surface area (Å²) in [5, 5.41) is 13.0. The van der Waals surface area contributed by atoms with Crippen LogP contribution in [0, 0.1) is 21.7 Å². The zero-order valence-corrected chi connectivity index (χ0v) is 16.2. The van der Waals surface area contributed by atoms with Crippen molar-refractivity contribution in [1.29, 1.82) is 0 Å². The predicted molar refractivity (Wildman–Crippen MR) is 94.1 cm³/mol. The number of rotatable bonds is 2. The van der Waals surface area contributed by atoms with Crippen LogP contribution in [0.15, 0.2) is 17.1 Å². The summed E-state index contributed by atoms with van der Waals surface area (Å²) < 4.78 is 59.0. The maximum absolute atomic E-state index is 14.5. The van der Waals surface area contributed by atoms with Gasteiger partial charge >= 0.3 is 11.8 Å². The van der Waals surface area contributed by atoms with Crippen LogP contribution >= 0.6 is 0 Å². The van der Waals surface area contributed by atoms with Crippen LogP contribution in [0.2, 0.25) is 0 Å². The zero-order chi connectivity index (χ0) is 21.4. The standard InChI is InChI=1S/C15H18F2N4O6S/c1-15(2,3)27-14(22)19-13-18-9(7-28(25,26)20(13)4)11-8(16)5-6-10(12(11)17)21(23)24/h5-6,9H,7H2,1-4H3,(H,18,19,22). The fourth-order valence-electron chi connectivity index (χ4n) is 2.37. The fourth-order valence-corrected chi connectivity index (χ4v) is 3.59. The Morgan fingerprint density at radius 2 is 2.00 bits per heavy atom. The molecule has 0 spiro atoms. The second-order valence-electron chi connectivity index (χ2n) is 6.89. The van der Waals surface area contributed by atoms with Crippen LogP contribution in [0.5, 0.6) is 0 Å². The summed E-state index contributed by atoms with van der Waals surface area (Å²) in [6.45, 7) is 4.73. The third-order valence-corrected chi connectivity index (χ3v) is 5.36. The smallest absolute Gasteiger partial charge is 0.414 e. The number of nitrogens with zero attached hydrogens (tertiary/aromatic N) is 3. The van der Waals surface area contributed by atoms with Crippen molar-refractivity contribution in [2.75, 3.05) is 12.8 Å². The molecule has 0 fully saturated rings. The Morgan fingerprint density at radius 1 is 1.39 bits per heavy atom. The molecule has 2 rings (SSSR count). The quantitative estimate of drug-likeness (QED) is 0.576. The predicted octanol–water partition coefficient (Wildman–Crippen LogP) is 2.07. The molecule has 0 saturated heterocycles. The van der Waals surface area contributed by atoms with Gasteiger partial charge in [0.25, 0.3) is 0 Å². The van der Waals surface area contributed by atoms with E-state index in [9.17, 15) is 32.1 Å². The van der Waals surface area contributed by atoms with Gasteiger partial charge in [-0.1, -0.05) is 0 Å². The molecule has 10 nitrogen and oxygen atoms in total. The van der Waals surface area contributed by atoms with Crippen molar-refractivity contribution in [1.82, 2.24) is 9.62 Å². The lowest BCUT2D eigenvalue weighted by Crippen LogP contribution is -2.50. The number of nitro groups is 1. The Hall–Kier alpha value is -2.83. The second-order valence-corrected chi connectivity index (χ2v) is 8.94. The SMILES string of the molecule is CN1C(NC(=O)OC(C)(C)C)=NC(c2c(F)ccc([N+](=O)[O-])c2F)CS1(=O)=O. The first-order valence-corrected chi connectivity index (χ1v) is 9.50. The van der Waals surface area contributed by atoms with Crippen molar-refractivity contribution < 1.29 is 31.7 Å². The first-order valence-electron chi connectivity index (χ1n) is 7.89. The van der Waals surface area contributed by atoms with Crippen molar-refractivity contribution >= 4 is 27.8 Å². The first kappa shape index (κ1) is 21.5. The number of sulfonamides is 1. The highest BCUT2D eigenvalue weighted by Gasteiger charge is 2.38. The van der Waals surface area contributed by atoms with Crippen LogP contribution in [0.3, 0.4) is 0 Å². The van der Waals surface area contributed by atoms with Gasteiger partial charge in [0.1, 0.15) is 17.5 Å². The van der Waals surface area contributed by atoms with Gasteiger partial charge in [0.2, 0.25) is 21.8 Å². The number of ether oxygens (including phenoxy) is 1. The summed E-state index contributed by atoms with van der Waals surface area (Å²) in [6, 6.07) is -0.370. The molecule has 28 heavy (non-hydrogen) atoms. The minimum Gasteiger partial charge on any atom is -0.444 e. The zero-order valence-electron chi connectivity index (χ0n) is 15.4. The Kier molecular flexibility index (Phi) is 5.59. The van der Waals surface area contributed by atoms with Gasteiger partial charge in [-0.05, 0) is 26.8 Å². The number of carbonyl (C=O) groups excluding carboxylic acids is 1. The third kappa shape index (κ3) is 4.52. The monoisotopic (exact) mass is 420 g/mol. The topological polar surface area (TPSA) is 131 Å². The van der Waals surface area contributed by atoms with Crippen molar-refractivity contribution in [2.45, 2.75) is 32.4 Å². The average molecular weight is 420 g/mol. The first-order chi connectivity index (χ1) is 12.7. The summed E-state index contributed by atoms with van der Waals surface area (Å²) in [7, 11) is -3.05. The molecular weight excluding hydrogens is 402 g/mol. The van der Waals surface area contributed by atoms with Crippen LogP contribution < -0.4 is 5.32 Å². The van der Waals surface area contributed by atoms with E-state index in [0.717, 1.165) is 7.05 Å². The van der Waals surface area contributed by atoms with Gasteiger partial charge in [-0.3, -0.25) is 15.4 Å². The van der Waals surface area contributed by atoms with E-state index < -0.39 is 67.3 Å². The molecular formula is C15H18F2N4O6S. The summed E-state index contributed by atoms with van der Waals surface area (Å²) in [5.74, 6) is -4.11. The van der Waals surface area contributed by atoms with Gasteiger partial charge in [-0.2, -0.15) is 4.39 Å². The Bertz CT molecular complexity index is 958. The molecule has 1 N–H and O–H groups in total. The number of alkyl carbamates (subject to hydrolysis) is 1. The van der Waals surface area contributed by atoms with Crippen molar-refractivity contribution in [3.05, 3.63) is 39.4 Å². The van der Waals surface area contributed by atoms with E-state index in [1.807, 2.05) is 0 Å². The second kappa shape index (κ2) is 7.30. The van der Waals surface area contributed by atoms with Crippen LogP contribution in [0.1, 0.15) is 32.4 Å². The molecule has 1 aliphatic heterocycles. The number of halogens is 2. The highest BCUT2D eigenvalue weighted by molar-refractivity contribution is 7.89. The molecule has 1 aromatic rings. The number of aliphatic imine (C=N–C) groups is 1. The summed E-state index contributed by atoms with van der Waals surface area (Å²) >= 11 is 0. The van der Waals surface area contributed by atoms with Gasteiger partial charge < -0.3 is 4.74 Å². The molecule has 1 atom stereocenters. The molecule has 13 heteroatoms. The molecule has 1 amide bonds. The molecule has 1 aliphatic rings. The number of guanidine groups is 1. The molecule has 1 heterocycles. The lowest BCUT2D eigenvalue weighted by Gasteiger charge is -2.30. The van der Waals surface area contributed by atoms with Crippen LogP contribution in [0.25, 0.3) is 0 Å². The number of benzene rings is 1. The van der Waals surface area contributed by atoms with Gasteiger partial charge in [0, 0.05) is 13.1 Å². The fraction of sp³-hybridized carbons (Fsp3) is 0.467. The molecule has 154 valence electrons. The lowest BCUT2D eigenvalue weighted by atomic mass is 10.1. The minimum absolute atomic E-state index is 0.532. The molecule has 0 bridgehead atoms. The summed E-state index contributed by atoms with van der Waals surface area (Å²) in [6.07, 6.45) is -1.03. The highest BCUT2D eigenvalue weighted by Crippen LogP contribution is 2.33. The number of carbonyl (C=O) groups is 1. The normalized spacial score (nSPS) is 19.0. The van der Waals surface area contributed by atoms with Crippen LogP contribution in [-0.4, -0.2) is 48.1 Å². The van der Waals surface area contributed by atoms with Gasteiger partial charge in [0.05, 0.1) is 16.2 Å². The van der Waals surface area contributed by atoms with Crippen molar-refractivity contribution in [3.63, 3.8) is 0 Å². The molecule has 1 aromatic carbocycles. The van der Waals surface area contributed by atoms with Crippen LogP contribution in [-0.2, 0) is 14.8 Å². The van der Waals surface area contributed by atoms with Crippen LogP contribution in [0.4, 0.5) is 19.3 Å². The number of nitrogens with one attached hydrogen (secondary N) is 1. The molecule has 0 aliphatic carbocycles. The minimum atomic E-state index is -4.13. The summed E-state index contributed by atoms with van der Waals surface area (Å²) in [4.78, 5) is 25.6. The van der Waals surface area contributed by atoms with E-state index in [0.29, 0.717) is 16.4 Å². The maximum atomic E-state index is 14.5. The van der Waals surface area contributed by atoms with E-state index in [1.165, 1.54) is 0 Å². The van der Waals surface area contributed by atoms with E-state index in [2.05, 4.69) is 10.3 Å². The Labute approximate surface area is 159 Å². The van der Waals surface area contributed by atoms with E-state index >= 15 is 0 Å². The Balaban J connectivity index is 2.51. The summed E-state index contributed by atoms with van der Waals surface area (Å²) in [5.41, 5.74) is -2.80. The van der Waals surface area contributed by atoms with E-state index in [4.69, 9.17) is 4.74 Å². The highest BCUT2D eigenvalue weighted by atomic mass is 32.2. The van der Waals surface area contributed by atoms with Crippen molar-refractivity contribution in [2.24, 2.45) is 4.99 Å². The van der Waals surface area contributed by atoms with Gasteiger partial charge in [0.15, 0.2) is 0 Å². The largest absolute Gasteiger partial charge is 0.444 e. The maximum Gasteiger partial charge on any atom is 0.414 e. The van der Waals surface area contributed by atoms with Crippen molar-refractivity contribution in [3.8, 4) is 0 Å². The van der Waals surface area contributed by atoms with E-state index in [-0.39, 0.29) is 0 Å². The Morgan fingerprint density at radius 3 is 2.54 bits per heavy atom. The van der Waals surface area contributed by atoms with E-state index in [1.54, 1.807) is 20.8 Å². The lowest BCUT2D eigenvalue weighted by molar-refractivity contribution is -0.387. The third-order valence-electron chi connectivity index (χ3n) is 3.61. The number of hydrogen-bond donors (Lipinski definition) is 1. The molecule has 0 aromatic heterocycles. The molecule has 1 unspecified atom stereocenters. The molecule has 0 radical (unpaired) electrons.